The van der Waals surface area contributed by atoms with Gasteiger partial charge in [0, 0.05) is 25.2 Å². The molecule has 0 unspecified atom stereocenters. The molecule has 1 aromatic heterocycles. The second kappa shape index (κ2) is 8.47. The van der Waals surface area contributed by atoms with E-state index < -0.39 is 0 Å². The first-order chi connectivity index (χ1) is 10.3. The van der Waals surface area contributed by atoms with Gasteiger partial charge in [-0.15, -0.1) is 0 Å². The molecule has 1 heterocycles. The maximum absolute atomic E-state index is 4.74. The van der Waals surface area contributed by atoms with Crippen LogP contribution in [-0.2, 0) is 0 Å². The molecule has 0 bridgehead atoms. The molecule has 0 spiro atoms. The highest BCUT2D eigenvalue weighted by Gasteiger charge is 2.22. The van der Waals surface area contributed by atoms with Crippen molar-refractivity contribution in [3.8, 4) is 0 Å². The normalized spacial score (nSPS) is 16.0. The highest BCUT2D eigenvalue weighted by Crippen LogP contribution is 2.28. The number of anilines is 2. The molecule has 0 atom stereocenters. The third kappa shape index (κ3) is 4.50. The van der Waals surface area contributed by atoms with E-state index in [2.05, 4.69) is 35.1 Å². The third-order valence-corrected chi connectivity index (χ3v) is 4.63. The minimum atomic E-state index is 0.646. The van der Waals surface area contributed by atoms with Gasteiger partial charge in [0.2, 0.25) is 0 Å². The fourth-order valence-corrected chi connectivity index (χ4v) is 3.37. The molecule has 118 valence electrons. The highest BCUT2D eigenvalue weighted by molar-refractivity contribution is 7.98. The number of nitrogens with one attached hydrogen (secondary N) is 1. The molecule has 0 aliphatic heterocycles. The lowest BCUT2D eigenvalue weighted by molar-refractivity contribution is 0.415. The summed E-state index contributed by atoms with van der Waals surface area (Å²) in [4.78, 5) is 11.8. The number of nitrogens with zero attached hydrogens (tertiary/aromatic N) is 3. The van der Waals surface area contributed by atoms with Crippen molar-refractivity contribution in [2.24, 2.45) is 0 Å². The summed E-state index contributed by atoms with van der Waals surface area (Å²) in [5.74, 6) is 2.04. The van der Waals surface area contributed by atoms with Crippen molar-refractivity contribution >= 4 is 23.4 Å². The van der Waals surface area contributed by atoms with Crippen molar-refractivity contribution < 1.29 is 0 Å². The molecule has 1 N–H and O–H groups in total. The Kier molecular flexibility index (Phi) is 6.61. The summed E-state index contributed by atoms with van der Waals surface area (Å²) in [7, 11) is 0. The van der Waals surface area contributed by atoms with E-state index in [4.69, 9.17) is 4.98 Å². The van der Waals surface area contributed by atoms with Gasteiger partial charge in [-0.25, -0.2) is 9.97 Å². The average Bonchev–Trinajstić information content (AvgIpc) is 2.54. The largest absolute Gasteiger partial charge is 0.370 e. The van der Waals surface area contributed by atoms with Crippen molar-refractivity contribution in [3.05, 3.63) is 6.07 Å². The Balaban J connectivity index is 2.21. The lowest BCUT2D eigenvalue weighted by atomic mass is 9.94. The van der Waals surface area contributed by atoms with Gasteiger partial charge in [-0.2, -0.15) is 0 Å². The van der Waals surface area contributed by atoms with Gasteiger partial charge in [-0.1, -0.05) is 37.9 Å². The predicted molar refractivity (Wildman–Crippen MR) is 92.5 cm³/mol. The Morgan fingerprint density at radius 3 is 2.62 bits per heavy atom. The summed E-state index contributed by atoms with van der Waals surface area (Å²) in [5, 5.41) is 4.26. The second-order valence-corrected chi connectivity index (χ2v) is 6.38. The number of thioether (sulfide) groups is 1. The van der Waals surface area contributed by atoms with Crippen LogP contribution in [0, 0.1) is 0 Å². The summed E-state index contributed by atoms with van der Waals surface area (Å²) in [6.45, 7) is 6.38. The van der Waals surface area contributed by atoms with Gasteiger partial charge in [0.1, 0.15) is 11.6 Å². The molecule has 1 saturated carbocycles. The third-order valence-electron chi connectivity index (χ3n) is 4.08. The monoisotopic (exact) mass is 308 g/mol. The van der Waals surface area contributed by atoms with Crippen molar-refractivity contribution in [3.63, 3.8) is 0 Å². The van der Waals surface area contributed by atoms with Crippen LogP contribution in [0.25, 0.3) is 0 Å². The zero-order valence-corrected chi connectivity index (χ0v) is 14.4. The van der Waals surface area contributed by atoms with E-state index in [0.717, 1.165) is 36.3 Å². The van der Waals surface area contributed by atoms with E-state index in [9.17, 15) is 0 Å². The predicted octanol–water partition coefficient (Wildman–Crippen LogP) is 4.18. The molecule has 1 aliphatic rings. The molecule has 0 radical (unpaired) electrons. The first kappa shape index (κ1) is 16.4. The molecular weight excluding hydrogens is 280 g/mol. The Hall–Kier alpha value is -0.970. The summed E-state index contributed by atoms with van der Waals surface area (Å²) >= 11 is 1.62. The van der Waals surface area contributed by atoms with Gasteiger partial charge in [0.15, 0.2) is 5.16 Å². The van der Waals surface area contributed by atoms with E-state index in [1.807, 2.05) is 6.26 Å². The molecule has 4 nitrogen and oxygen atoms in total. The number of hydrogen-bond donors (Lipinski definition) is 1. The Morgan fingerprint density at radius 1 is 1.24 bits per heavy atom. The van der Waals surface area contributed by atoms with Crippen LogP contribution >= 0.6 is 11.8 Å². The van der Waals surface area contributed by atoms with Gasteiger partial charge in [0.05, 0.1) is 0 Å². The number of hydrogen-bond acceptors (Lipinski definition) is 5. The molecule has 21 heavy (non-hydrogen) atoms. The van der Waals surface area contributed by atoms with Crippen LogP contribution in [0.15, 0.2) is 11.2 Å². The smallest absolute Gasteiger partial charge is 0.191 e. The number of rotatable bonds is 7. The first-order valence-electron chi connectivity index (χ1n) is 8.22. The molecule has 0 aromatic carbocycles. The van der Waals surface area contributed by atoms with Gasteiger partial charge >= 0.3 is 0 Å². The maximum Gasteiger partial charge on any atom is 0.191 e. The molecule has 0 saturated heterocycles. The van der Waals surface area contributed by atoms with E-state index in [-0.39, 0.29) is 0 Å². The van der Waals surface area contributed by atoms with Crippen molar-refractivity contribution in [1.29, 1.82) is 0 Å². The van der Waals surface area contributed by atoms with Gasteiger partial charge in [-0.3, -0.25) is 0 Å². The van der Waals surface area contributed by atoms with E-state index in [1.54, 1.807) is 11.8 Å². The molecule has 1 aliphatic carbocycles. The van der Waals surface area contributed by atoms with Crippen molar-refractivity contribution in [1.82, 2.24) is 9.97 Å². The highest BCUT2D eigenvalue weighted by atomic mass is 32.2. The molecule has 5 heteroatoms. The van der Waals surface area contributed by atoms with Crippen molar-refractivity contribution in [2.75, 3.05) is 29.6 Å². The first-order valence-corrected chi connectivity index (χ1v) is 9.44. The standard InChI is InChI=1S/C16H28N4S/c1-4-11-17-14-12-15(19-16(18-14)21-3)20(5-2)13-9-7-6-8-10-13/h12-13H,4-11H2,1-3H3,(H,17,18,19). The summed E-state index contributed by atoms with van der Waals surface area (Å²) in [5.41, 5.74) is 0. The van der Waals surface area contributed by atoms with E-state index >= 15 is 0 Å². The lowest BCUT2D eigenvalue weighted by Gasteiger charge is -2.34. The quantitative estimate of drug-likeness (QED) is 0.604. The van der Waals surface area contributed by atoms with Crippen LogP contribution in [-0.4, -0.2) is 35.4 Å². The minimum Gasteiger partial charge on any atom is -0.370 e. The molecular formula is C16H28N4S. The van der Waals surface area contributed by atoms with Crippen molar-refractivity contribution in [2.45, 2.75) is 63.6 Å². The average molecular weight is 308 g/mol. The van der Waals surface area contributed by atoms with Gasteiger partial charge in [-0.05, 0) is 32.4 Å². The summed E-state index contributed by atoms with van der Waals surface area (Å²) in [6.07, 6.45) is 9.82. The number of aromatic nitrogens is 2. The van der Waals surface area contributed by atoms with Crippen LogP contribution in [0.3, 0.4) is 0 Å². The van der Waals surface area contributed by atoms with Crippen LogP contribution in [0.5, 0.6) is 0 Å². The van der Waals surface area contributed by atoms with E-state index in [0.29, 0.717) is 6.04 Å². The zero-order valence-electron chi connectivity index (χ0n) is 13.6. The Bertz CT molecular complexity index is 432. The van der Waals surface area contributed by atoms with Crippen LogP contribution in [0.4, 0.5) is 11.6 Å². The zero-order chi connectivity index (χ0) is 15.1. The minimum absolute atomic E-state index is 0.646. The molecule has 1 fully saturated rings. The Labute approximate surface area is 133 Å². The molecule has 0 amide bonds. The fourth-order valence-electron chi connectivity index (χ4n) is 2.99. The topological polar surface area (TPSA) is 41.0 Å². The fraction of sp³-hybridized carbons (Fsp3) is 0.750. The Morgan fingerprint density at radius 2 is 2.00 bits per heavy atom. The van der Waals surface area contributed by atoms with Crippen LogP contribution in [0.1, 0.15) is 52.4 Å². The summed E-state index contributed by atoms with van der Waals surface area (Å²) in [6, 6.07) is 2.76. The molecule has 1 aromatic rings. The second-order valence-electron chi connectivity index (χ2n) is 5.60. The summed E-state index contributed by atoms with van der Waals surface area (Å²) < 4.78 is 0. The van der Waals surface area contributed by atoms with E-state index in [1.165, 1.54) is 32.1 Å². The molecule has 2 rings (SSSR count). The SMILES string of the molecule is CCCNc1cc(N(CC)C2CCCCC2)nc(SC)n1. The van der Waals surface area contributed by atoms with Gasteiger partial charge < -0.3 is 10.2 Å². The van der Waals surface area contributed by atoms with Gasteiger partial charge in [0.25, 0.3) is 0 Å². The lowest BCUT2D eigenvalue weighted by Crippen LogP contribution is -2.37. The maximum atomic E-state index is 4.74. The van der Waals surface area contributed by atoms with Crippen LogP contribution in [0.2, 0.25) is 0 Å². The van der Waals surface area contributed by atoms with Crippen LogP contribution < -0.4 is 10.2 Å².